The number of ether oxygens (including phenoxy) is 2. The van der Waals surface area contributed by atoms with Gasteiger partial charge in [-0.3, -0.25) is 0 Å². The maximum Gasteiger partial charge on any atom is 0.227 e. The first-order chi connectivity index (χ1) is 17.1. The first kappa shape index (κ1) is 24.4. The molecular weight excluding hydrogens is 440 g/mol. The van der Waals surface area contributed by atoms with Crippen LogP contribution in [0.5, 0.6) is 11.5 Å². The number of methoxy groups -OCH3 is 1. The third kappa shape index (κ3) is 5.43. The molecule has 2 saturated heterocycles. The predicted molar refractivity (Wildman–Crippen MR) is 142 cm³/mol. The molecule has 1 N–H and O–H groups in total. The van der Waals surface area contributed by atoms with E-state index in [1.54, 1.807) is 7.11 Å². The number of aromatic nitrogens is 2. The lowest BCUT2D eigenvalue weighted by Gasteiger charge is -2.41. The third-order valence-corrected chi connectivity index (χ3v) is 7.92. The van der Waals surface area contributed by atoms with Gasteiger partial charge in [-0.2, -0.15) is 4.98 Å². The van der Waals surface area contributed by atoms with Crippen LogP contribution >= 0.6 is 0 Å². The molecule has 1 saturated carbocycles. The zero-order valence-corrected chi connectivity index (χ0v) is 21.8. The molecule has 0 spiro atoms. The molecule has 3 aliphatic rings. The molecule has 3 heterocycles. The topological polar surface area (TPSA) is 66.0 Å². The van der Waals surface area contributed by atoms with Crippen LogP contribution < -0.4 is 24.6 Å². The van der Waals surface area contributed by atoms with Crippen molar-refractivity contribution in [3.8, 4) is 11.5 Å². The summed E-state index contributed by atoms with van der Waals surface area (Å²) in [7, 11) is 5.74. The van der Waals surface area contributed by atoms with Gasteiger partial charge >= 0.3 is 0 Å². The van der Waals surface area contributed by atoms with E-state index in [9.17, 15) is 0 Å². The molecule has 5 rings (SSSR count). The minimum absolute atomic E-state index is 0.465. The molecule has 192 valence electrons. The van der Waals surface area contributed by atoms with Gasteiger partial charge in [-0.05, 0) is 57.2 Å². The van der Waals surface area contributed by atoms with Gasteiger partial charge in [-0.15, -0.1) is 0 Å². The molecule has 1 aromatic heterocycles. The second-order valence-electron chi connectivity index (χ2n) is 10.5. The lowest BCUT2D eigenvalue weighted by molar-refractivity contribution is 0.254. The standard InChI is InChI=1S/C27H42N6O2/c1-31(2)27-29-22-18-25(35-16-8-14-32-12-6-7-13-32)24(34-3)17-21(22)26(30-27)33-15-11-28-19-23(33)20-9-4-5-10-20/h17-18,20,23,28H,4-16,19H2,1-3H3. The number of rotatable bonds is 9. The Morgan fingerprint density at radius 1 is 1.03 bits per heavy atom. The van der Waals surface area contributed by atoms with Crippen LogP contribution in [0.1, 0.15) is 44.9 Å². The highest BCUT2D eigenvalue weighted by Gasteiger charge is 2.34. The van der Waals surface area contributed by atoms with Crippen molar-refractivity contribution in [3.05, 3.63) is 12.1 Å². The van der Waals surface area contributed by atoms with Crippen LogP contribution in [0.3, 0.4) is 0 Å². The Kier molecular flexibility index (Phi) is 7.78. The second-order valence-corrected chi connectivity index (χ2v) is 10.5. The van der Waals surface area contributed by atoms with Crippen molar-refractivity contribution in [2.75, 3.05) is 76.9 Å². The van der Waals surface area contributed by atoms with E-state index in [4.69, 9.17) is 19.4 Å². The van der Waals surface area contributed by atoms with Gasteiger partial charge in [0.05, 0.1) is 19.2 Å². The minimum Gasteiger partial charge on any atom is -0.493 e. The zero-order valence-electron chi connectivity index (χ0n) is 21.8. The summed E-state index contributed by atoms with van der Waals surface area (Å²) in [6.07, 6.45) is 8.97. The molecule has 8 heteroatoms. The predicted octanol–water partition coefficient (Wildman–Crippen LogP) is 3.54. The number of nitrogens with zero attached hydrogens (tertiary/aromatic N) is 5. The Morgan fingerprint density at radius 3 is 2.57 bits per heavy atom. The quantitative estimate of drug-likeness (QED) is 0.545. The SMILES string of the molecule is COc1cc2c(N3CCNCC3C3CCCC3)nc(N(C)C)nc2cc1OCCCN1CCCC1. The van der Waals surface area contributed by atoms with E-state index in [0.717, 1.165) is 72.7 Å². The summed E-state index contributed by atoms with van der Waals surface area (Å²) in [6.45, 7) is 7.17. The van der Waals surface area contributed by atoms with Crippen molar-refractivity contribution in [2.45, 2.75) is 51.0 Å². The third-order valence-electron chi connectivity index (χ3n) is 7.92. The number of benzene rings is 1. The van der Waals surface area contributed by atoms with Crippen molar-refractivity contribution >= 4 is 22.7 Å². The Hall–Kier alpha value is -2.32. The first-order valence-corrected chi connectivity index (χ1v) is 13.5. The Bertz CT molecular complexity index is 987. The van der Waals surface area contributed by atoms with Crippen LogP contribution in [0.4, 0.5) is 11.8 Å². The summed E-state index contributed by atoms with van der Waals surface area (Å²) in [5.74, 6) is 4.00. The smallest absolute Gasteiger partial charge is 0.227 e. The molecule has 2 aliphatic heterocycles. The largest absolute Gasteiger partial charge is 0.493 e. The van der Waals surface area contributed by atoms with Gasteiger partial charge in [0.1, 0.15) is 5.82 Å². The lowest BCUT2D eigenvalue weighted by Crippen LogP contribution is -2.54. The molecule has 1 aliphatic carbocycles. The van der Waals surface area contributed by atoms with E-state index >= 15 is 0 Å². The van der Waals surface area contributed by atoms with E-state index in [0.29, 0.717) is 12.6 Å². The normalized spacial score (nSPS) is 21.7. The average Bonchev–Trinajstić information content (AvgIpc) is 3.60. The highest BCUT2D eigenvalue weighted by Crippen LogP contribution is 2.39. The van der Waals surface area contributed by atoms with Gasteiger partial charge < -0.3 is 29.5 Å². The summed E-state index contributed by atoms with van der Waals surface area (Å²) in [6, 6.07) is 4.61. The fourth-order valence-electron chi connectivity index (χ4n) is 6.03. The van der Waals surface area contributed by atoms with E-state index in [1.165, 1.54) is 51.6 Å². The minimum atomic E-state index is 0.465. The molecule has 1 aromatic carbocycles. The van der Waals surface area contributed by atoms with Gasteiger partial charge in [0.25, 0.3) is 0 Å². The fourth-order valence-corrected chi connectivity index (χ4v) is 6.03. The van der Waals surface area contributed by atoms with Crippen LogP contribution in [0.15, 0.2) is 12.1 Å². The van der Waals surface area contributed by atoms with Gasteiger partial charge in [-0.25, -0.2) is 4.98 Å². The molecule has 0 radical (unpaired) electrons. The molecule has 1 unspecified atom stereocenters. The Balaban J connectivity index is 1.45. The Labute approximate surface area is 210 Å². The summed E-state index contributed by atoms with van der Waals surface area (Å²) in [5.41, 5.74) is 0.915. The van der Waals surface area contributed by atoms with Crippen molar-refractivity contribution in [3.63, 3.8) is 0 Å². The summed E-state index contributed by atoms with van der Waals surface area (Å²) in [4.78, 5) is 17.1. The number of hydrogen-bond donors (Lipinski definition) is 1. The highest BCUT2D eigenvalue weighted by atomic mass is 16.5. The highest BCUT2D eigenvalue weighted by molar-refractivity contribution is 5.93. The summed E-state index contributed by atoms with van der Waals surface area (Å²) in [5, 5.41) is 4.68. The molecule has 3 fully saturated rings. The van der Waals surface area contributed by atoms with Crippen molar-refractivity contribution in [1.82, 2.24) is 20.2 Å². The van der Waals surface area contributed by atoms with Gasteiger partial charge in [0.2, 0.25) is 5.95 Å². The van der Waals surface area contributed by atoms with Gasteiger partial charge in [-0.1, -0.05) is 12.8 Å². The average molecular weight is 483 g/mol. The van der Waals surface area contributed by atoms with Crippen LogP contribution in [-0.2, 0) is 0 Å². The number of hydrogen-bond acceptors (Lipinski definition) is 8. The van der Waals surface area contributed by atoms with Crippen LogP contribution in [0, 0.1) is 5.92 Å². The summed E-state index contributed by atoms with van der Waals surface area (Å²) < 4.78 is 12.0. The van der Waals surface area contributed by atoms with Crippen LogP contribution in [0.2, 0.25) is 0 Å². The lowest BCUT2D eigenvalue weighted by atomic mass is 9.94. The molecule has 2 aromatic rings. The van der Waals surface area contributed by atoms with Gasteiger partial charge in [0.15, 0.2) is 11.5 Å². The summed E-state index contributed by atoms with van der Waals surface area (Å²) >= 11 is 0. The van der Waals surface area contributed by atoms with Crippen molar-refractivity contribution < 1.29 is 9.47 Å². The number of fused-ring (bicyclic) bond motifs is 1. The molecular formula is C27H42N6O2. The van der Waals surface area contributed by atoms with Crippen molar-refractivity contribution in [2.24, 2.45) is 5.92 Å². The molecule has 35 heavy (non-hydrogen) atoms. The van der Waals surface area contributed by atoms with Gasteiger partial charge in [0, 0.05) is 57.8 Å². The number of piperazine rings is 1. The molecule has 1 atom stereocenters. The molecule has 8 nitrogen and oxygen atoms in total. The van der Waals surface area contributed by atoms with E-state index in [-0.39, 0.29) is 0 Å². The van der Waals surface area contributed by atoms with Crippen LogP contribution in [-0.4, -0.2) is 88.0 Å². The maximum atomic E-state index is 6.23. The Morgan fingerprint density at radius 2 is 1.83 bits per heavy atom. The maximum absolute atomic E-state index is 6.23. The molecule has 0 bridgehead atoms. The van der Waals surface area contributed by atoms with Crippen LogP contribution in [0.25, 0.3) is 10.9 Å². The monoisotopic (exact) mass is 482 g/mol. The van der Waals surface area contributed by atoms with E-state index in [2.05, 4.69) is 27.2 Å². The van der Waals surface area contributed by atoms with E-state index < -0.39 is 0 Å². The fraction of sp³-hybridized carbons (Fsp3) is 0.704. The number of nitrogens with one attached hydrogen (secondary N) is 1. The van der Waals surface area contributed by atoms with E-state index in [1.807, 2.05) is 19.0 Å². The molecule has 0 amide bonds. The number of anilines is 2. The first-order valence-electron chi connectivity index (χ1n) is 13.5. The number of likely N-dealkylation sites (tertiary alicyclic amines) is 1. The van der Waals surface area contributed by atoms with Crippen molar-refractivity contribution in [1.29, 1.82) is 0 Å². The zero-order chi connectivity index (χ0) is 24.2. The second kappa shape index (κ2) is 11.2.